The van der Waals surface area contributed by atoms with Crippen molar-refractivity contribution in [3.63, 3.8) is 0 Å². The van der Waals surface area contributed by atoms with Gasteiger partial charge in [0.1, 0.15) is 0 Å². The molecule has 1 aliphatic carbocycles. The first-order valence-corrected chi connectivity index (χ1v) is 11.4. The highest BCUT2D eigenvalue weighted by Crippen LogP contribution is 2.50. The minimum absolute atomic E-state index is 0.196. The molecule has 0 saturated carbocycles. The van der Waals surface area contributed by atoms with Gasteiger partial charge in [0.05, 0.1) is 29.9 Å². The Morgan fingerprint density at radius 1 is 1.09 bits per heavy atom. The fourth-order valence-corrected chi connectivity index (χ4v) is 5.58. The highest BCUT2D eigenvalue weighted by atomic mass is 16.4. The molecule has 1 atom stereocenters. The second-order valence-electron chi connectivity index (χ2n) is 8.90. The summed E-state index contributed by atoms with van der Waals surface area (Å²) >= 11 is 0. The number of carbonyl (C=O) groups excluding carboxylic acids is 2. The van der Waals surface area contributed by atoms with Gasteiger partial charge in [-0.25, -0.2) is 0 Å². The van der Waals surface area contributed by atoms with E-state index in [1.165, 1.54) is 28.5 Å². The molecule has 2 heterocycles. The van der Waals surface area contributed by atoms with E-state index in [1.807, 2.05) is 6.07 Å². The predicted octanol–water partition coefficient (Wildman–Crippen LogP) is 4.05. The van der Waals surface area contributed by atoms with Crippen molar-refractivity contribution < 1.29 is 19.5 Å². The number of hydrogen-bond donors (Lipinski definition) is 2. The van der Waals surface area contributed by atoms with E-state index in [1.54, 1.807) is 12.3 Å². The van der Waals surface area contributed by atoms with Crippen molar-refractivity contribution in [2.24, 2.45) is 4.99 Å². The number of fused-ring (bicyclic) bond motifs is 6. The fourth-order valence-electron chi connectivity index (χ4n) is 5.58. The Hall–Kier alpha value is -4.52. The van der Waals surface area contributed by atoms with Crippen LogP contribution in [0.4, 0.5) is 11.4 Å². The minimum atomic E-state index is -1.01. The highest BCUT2D eigenvalue weighted by molar-refractivity contribution is 6.33. The van der Waals surface area contributed by atoms with Gasteiger partial charge in [-0.05, 0) is 45.9 Å². The van der Waals surface area contributed by atoms with Crippen LogP contribution < -0.4 is 10.2 Å². The quantitative estimate of drug-likeness (QED) is 0.420. The molecule has 7 heteroatoms. The SMILES string of the molecule is O=CNc1c(CC(=O)O)ccc2c1C1C(=O)C=NC=C1N2Cc1cccc2c1Cc1ccccc1-2. The Kier molecular flexibility index (Phi) is 4.84. The number of anilines is 2. The predicted molar refractivity (Wildman–Crippen MR) is 133 cm³/mol. The van der Waals surface area contributed by atoms with Gasteiger partial charge in [-0.3, -0.25) is 19.4 Å². The smallest absolute Gasteiger partial charge is 0.307 e. The monoisotopic (exact) mass is 463 g/mol. The van der Waals surface area contributed by atoms with Crippen LogP contribution in [0.2, 0.25) is 0 Å². The molecule has 35 heavy (non-hydrogen) atoms. The molecule has 172 valence electrons. The number of ketones is 1. The Morgan fingerprint density at radius 3 is 2.74 bits per heavy atom. The van der Waals surface area contributed by atoms with Crippen molar-refractivity contribution in [1.29, 1.82) is 0 Å². The van der Waals surface area contributed by atoms with Gasteiger partial charge in [-0.1, -0.05) is 48.5 Å². The number of rotatable bonds is 6. The maximum Gasteiger partial charge on any atom is 0.307 e. The molecule has 1 unspecified atom stereocenters. The molecular weight excluding hydrogens is 442 g/mol. The van der Waals surface area contributed by atoms with Crippen LogP contribution >= 0.6 is 0 Å². The van der Waals surface area contributed by atoms with Crippen molar-refractivity contribution in [3.05, 3.63) is 94.3 Å². The molecule has 2 aliphatic heterocycles. The van der Waals surface area contributed by atoms with E-state index in [0.29, 0.717) is 29.8 Å². The van der Waals surface area contributed by atoms with Crippen molar-refractivity contribution in [1.82, 2.24) is 0 Å². The van der Waals surface area contributed by atoms with E-state index < -0.39 is 11.9 Å². The first kappa shape index (κ1) is 21.0. The summed E-state index contributed by atoms with van der Waals surface area (Å²) in [6, 6.07) is 18.3. The Labute approximate surface area is 201 Å². The van der Waals surface area contributed by atoms with Gasteiger partial charge < -0.3 is 15.3 Å². The van der Waals surface area contributed by atoms with Crippen LogP contribution in [0.25, 0.3) is 11.1 Å². The van der Waals surface area contributed by atoms with E-state index >= 15 is 0 Å². The molecule has 2 N–H and O–H groups in total. The Morgan fingerprint density at radius 2 is 1.91 bits per heavy atom. The summed E-state index contributed by atoms with van der Waals surface area (Å²) in [5, 5.41) is 12.1. The number of benzene rings is 3. The lowest BCUT2D eigenvalue weighted by Crippen LogP contribution is -2.25. The molecule has 3 aliphatic rings. The third kappa shape index (κ3) is 3.27. The van der Waals surface area contributed by atoms with Gasteiger partial charge in [-0.15, -0.1) is 0 Å². The van der Waals surface area contributed by atoms with E-state index in [-0.39, 0.29) is 12.2 Å². The zero-order valence-electron chi connectivity index (χ0n) is 18.7. The molecule has 1 amide bonds. The normalized spacial score (nSPS) is 16.8. The van der Waals surface area contributed by atoms with Crippen LogP contribution in [0, 0.1) is 0 Å². The van der Waals surface area contributed by atoms with Gasteiger partial charge in [-0.2, -0.15) is 0 Å². The third-order valence-corrected chi connectivity index (χ3v) is 7.01. The summed E-state index contributed by atoms with van der Waals surface area (Å²) in [5.41, 5.74) is 9.12. The number of carbonyl (C=O) groups is 3. The molecule has 6 rings (SSSR count). The van der Waals surface area contributed by atoms with Crippen LogP contribution in [-0.2, 0) is 33.8 Å². The average molecular weight is 463 g/mol. The topological polar surface area (TPSA) is 99.1 Å². The average Bonchev–Trinajstić information content (AvgIpc) is 3.38. The number of aliphatic carboxylic acids is 1. The van der Waals surface area contributed by atoms with Gasteiger partial charge in [0.15, 0.2) is 5.78 Å². The lowest BCUT2D eigenvalue weighted by molar-refractivity contribution is -0.136. The van der Waals surface area contributed by atoms with Crippen molar-refractivity contribution in [2.45, 2.75) is 25.3 Å². The number of Topliss-reactive ketones (excluding diaryl/α,β-unsaturated/α-hetero) is 1. The van der Waals surface area contributed by atoms with Crippen molar-refractivity contribution >= 4 is 35.8 Å². The molecular formula is C28H21N3O4. The molecule has 0 saturated heterocycles. The highest BCUT2D eigenvalue weighted by Gasteiger charge is 2.42. The van der Waals surface area contributed by atoms with E-state index in [2.05, 4.69) is 57.7 Å². The van der Waals surface area contributed by atoms with Crippen LogP contribution in [-0.4, -0.2) is 29.5 Å². The summed E-state index contributed by atoms with van der Waals surface area (Å²) in [7, 11) is 0. The van der Waals surface area contributed by atoms with Crippen molar-refractivity contribution in [3.8, 4) is 11.1 Å². The Bertz CT molecular complexity index is 1490. The lowest BCUT2D eigenvalue weighted by Gasteiger charge is -2.24. The second-order valence-corrected chi connectivity index (χ2v) is 8.90. The molecule has 0 fully saturated rings. The standard InChI is InChI=1S/C28H21N3O4/c32-15-30-28-17(11-25(34)35)8-9-22-27(28)26-23(12-29-13-24(26)33)31(22)14-18-5-3-7-20-19-6-2-1-4-16(19)10-21(18)20/h1-9,12-13,15,26H,10-11,14H2,(H,30,32)(H,34,35). The van der Waals surface area contributed by atoms with Crippen LogP contribution in [0.1, 0.15) is 33.7 Å². The minimum Gasteiger partial charge on any atom is -0.481 e. The number of amides is 1. The van der Waals surface area contributed by atoms with Gasteiger partial charge in [0, 0.05) is 24.0 Å². The number of hydrogen-bond acceptors (Lipinski definition) is 5. The number of nitrogens with zero attached hydrogens (tertiary/aromatic N) is 2. The molecule has 0 spiro atoms. The molecule has 3 aromatic rings. The number of allylic oxidation sites excluding steroid dienone is 1. The second kappa shape index (κ2) is 8.06. The number of carboxylic acids is 1. The summed E-state index contributed by atoms with van der Waals surface area (Å²) in [6.45, 7) is 0.522. The van der Waals surface area contributed by atoms with E-state index in [0.717, 1.165) is 23.4 Å². The molecule has 0 aromatic heterocycles. The third-order valence-electron chi connectivity index (χ3n) is 7.01. The van der Waals surface area contributed by atoms with Gasteiger partial charge in [0.2, 0.25) is 6.41 Å². The molecule has 7 nitrogen and oxygen atoms in total. The summed E-state index contributed by atoms with van der Waals surface area (Å²) < 4.78 is 0. The summed E-state index contributed by atoms with van der Waals surface area (Å²) in [4.78, 5) is 42.2. The number of aliphatic imine (C=N–C) groups is 1. The fraction of sp³-hybridized carbons (Fsp3) is 0.143. The van der Waals surface area contributed by atoms with Crippen LogP contribution in [0.3, 0.4) is 0 Å². The molecule has 0 radical (unpaired) electrons. The lowest BCUT2D eigenvalue weighted by atomic mass is 9.90. The first-order valence-electron chi connectivity index (χ1n) is 11.4. The van der Waals surface area contributed by atoms with Crippen LogP contribution in [0.15, 0.2) is 71.5 Å². The van der Waals surface area contributed by atoms with Gasteiger partial charge >= 0.3 is 5.97 Å². The largest absolute Gasteiger partial charge is 0.481 e. The van der Waals surface area contributed by atoms with E-state index in [4.69, 9.17) is 0 Å². The van der Waals surface area contributed by atoms with Crippen molar-refractivity contribution in [2.75, 3.05) is 10.2 Å². The summed E-state index contributed by atoms with van der Waals surface area (Å²) in [5.74, 6) is -1.86. The van der Waals surface area contributed by atoms with E-state index in [9.17, 15) is 19.5 Å². The molecule has 3 aromatic carbocycles. The maximum absolute atomic E-state index is 13.0. The number of carboxylic acid groups (broad SMARTS) is 1. The summed E-state index contributed by atoms with van der Waals surface area (Å²) in [6.07, 6.45) is 4.08. The van der Waals surface area contributed by atoms with Gasteiger partial charge in [0.25, 0.3) is 0 Å². The van der Waals surface area contributed by atoms with Crippen LogP contribution in [0.5, 0.6) is 0 Å². The maximum atomic E-state index is 13.0. The Balaban J connectivity index is 1.48. The first-order chi connectivity index (χ1) is 17.1. The zero-order valence-corrected chi connectivity index (χ0v) is 18.7. The molecule has 0 bridgehead atoms. The zero-order chi connectivity index (χ0) is 24.1. The number of nitrogens with one attached hydrogen (secondary N) is 1.